The number of halogens is 3. The van der Waals surface area contributed by atoms with E-state index in [0.717, 1.165) is 18.7 Å². The van der Waals surface area contributed by atoms with Crippen molar-refractivity contribution in [2.75, 3.05) is 25.6 Å². The second kappa shape index (κ2) is 8.15. The number of rotatable bonds is 7. The summed E-state index contributed by atoms with van der Waals surface area (Å²) in [6.45, 7) is 2.79. The normalized spacial score (nSPS) is 10.7. The van der Waals surface area contributed by atoms with Crippen molar-refractivity contribution < 1.29 is 4.74 Å². The van der Waals surface area contributed by atoms with Crippen molar-refractivity contribution >= 4 is 34.8 Å². The second-order valence-electron chi connectivity index (χ2n) is 3.23. The molecule has 0 amide bonds. The number of benzene rings is 1. The van der Waals surface area contributed by atoms with Crippen LogP contribution in [0.4, 0.5) is 0 Å². The Bertz CT molecular complexity index is 320. The van der Waals surface area contributed by atoms with E-state index in [2.05, 4.69) is 5.32 Å². The minimum Gasteiger partial charge on any atom is -0.379 e. The molecule has 1 aromatic carbocycles. The maximum atomic E-state index is 5.90. The van der Waals surface area contributed by atoms with Crippen molar-refractivity contribution in [2.45, 2.75) is 6.54 Å². The fourth-order valence-electron chi connectivity index (χ4n) is 1.18. The molecule has 1 N–H and O–H groups in total. The average Bonchev–Trinajstić information content (AvgIpc) is 2.28. The predicted octanol–water partition coefficient (Wildman–Crippen LogP) is 3.34. The summed E-state index contributed by atoms with van der Waals surface area (Å²) in [7, 11) is 0. The molecule has 0 spiro atoms. The van der Waals surface area contributed by atoms with Crippen LogP contribution in [0.3, 0.4) is 0 Å². The smallest absolute Gasteiger partial charge is 0.0602 e. The molecule has 0 heterocycles. The van der Waals surface area contributed by atoms with E-state index in [9.17, 15) is 0 Å². The van der Waals surface area contributed by atoms with Gasteiger partial charge in [-0.15, -0.1) is 11.6 Å². The van der Waals surface area contributed by atoms with Crippen LogP contribution in [0.1, 0.15) is 5.56 Å². The van der Waals surface area contributed by atoms with Gasteiger partial charge in [0.1, 0.15) is 0 Å². The highest BCUT2D eigenvalue weighted by Gasteiger charge is 1.98. The highest BCUT2D eigenvalue weighted by atomic mass is 35.5. The summed E-state index contributed by atoms with van der Waals surface area (Å²) in [5, 5.41) is 4.40. The van der Waals surface area contributed by atoms with E-state index < -0.39 is 0 Å². The monoisotopic (exact) mass is 281 g/mol. The summed E-state index contributed by atoms with van der Waals surface area (Å²) in [5.41, 5.74) is 1.10. The SMILES string of the molecule is ClCCOCCNCc1ccc(Cl)c(Cl)c1. The van der Waals surface area contributed by atoms with Crippen LogP contribution in [0.5, 0.6) is 0 Å². The molecule has 1 aromatic rings. The largest absolute Gasteiger partial charge is 0.379 e. The number of hydrogen-bond acceptors (Lipinski definition) is 2. The lowest BCUT2D eigenvalue weighted by atomic mass is 10.2. The van der Waals surface area contributed by atoms with Gasteiger partial charge in [-0.25, -0.2) is 0 Å². The standard InChI is InChI=1S/C11H14Cl3NO/c12-3-5-16-6-4-15-8-9-1-2-10(13)11(14)7-9/h1-2,7,15H,3-6,8H2. The van der Waals surface area contributed by atoms with Crippen LogP contribution < -0.4 is 5.32 Å². The van der Waals surface area contributed by atoms with E-state index >= 15 is 0 Å². The van der Waals surface area contributed by atoms with Gasteiger partial charge in [0.25, 0.3) is 0 Å². The lowest BCUT2D eigenvalue weighted by Crippen LogP contribution is -2.19. The maximum Gasteiger partial charge on any atom is 0.0602 e. The van der Waals surface area contributed by atoms with E-state index in [1.165, 1.54) is 0 Å². The first kappa shape index (κ1) is 14.1. The Morgan fingerprint density at radius 3 is 2.62 bits per heavy atom. The lowest BCUT2D eigenvalue weighted by Gasteiger charge is -2.06. The third kappa shape index (κ3) is 5.37. The van der Waals surface area contributed by atoms with Crippen LogP contribution in [-0.2, 0) is 11.3 Å². The zero-order chi connectivity index (χ0) is 11.8. The molecule has 0 atom stereocenters. The molecule has 0 aliphatic rings. The van der Waals surface area contributed by atoms with Crippen LogP contribution in [0.2, 0.25) is 10.0 Å². The highest BCUT2D eigenvalue weighted by Crippen LogP contribution is 2.22. The van der Waals surface area contributed by atoms with Gasteiger partial charge in [0.05, 0.1) is 23.3 Å². The van der Waals surface area contributed by atoms with E-state index in [-0.39, 0.29) is 0 Å². The van der Waals surface area contributed by atoms with Crippen molar-refractivity contribution in [1.82, 2.24) is 5.32 Å². The lowest BCUT2D eigenvalue weighted by molar-refractivity contribution is 0.151. The molecule has 0 saturated carbocycles. The summed E-state index contributed by atoms with van der Waals surface area (Å²) in [6, 6.07) is 5.60. The molecular weight excluding hydrogens is 268 g/mol. The van der Waals surface area contributed by atoms with Gasteiger partial charge in [-0.1, -0.05) is 29.3 Å². The molecule has 2 nitrogen and oxygen atoms in total. The van der Waals surface area contributed by atoms with Crippen LogP contribution in [0.15, 0.2) is 18.2 Å². The van der Waals surface area contributed by atoms with E-state index in [1.807, 2.05) is 12.1 Å². The zero-order valence-corrected chi connectivity index (χ0v) is 11.1. The summed E-state index contributed by atoms with van der Waals surface area (Å²) in [5.74, 6) is 0.535. The molecule has 0 radical (unpaired) electrons. The number of nitrogens with one attached hydrogen (secondary N) is 1. The van der Waals surface area contributed by atoms with Gasteiger partial charge in [0.2, 0.25) is 0 Å². The molecule has 1 rings (SSSR count). The second-order valence-corrected chi connectivity index (χ2v) is 4.42. The van der Waals surface area contributed by atoms with Crippen LogP contribution >= 0.6 is 34.8 Å². The third-order valence-corrected chi connectivity index (χ3v) is 2.85. The van der Waals surface area contributed by atoms with Gasteiger partial charge in [0.15, 0.2) is 0 Å². The Labute approximate surface area is 111 Å². The van der Waals surface area contributed by atoms with Gasteiger partial charge in [-0.2, -0.15) is 0 Å². The number of hydrogen-bond donors (Lipinski definition) is 1. The van der Waals surface area contributed by atoms with E-state index in [4.69, 9.17) is 39.5 Å². The van der Waals surface area contributed by atoms with Gasteiger partial charge >= 0.3 is 0 Å². The number of ether oxygens (including phenoxy) is 1. The summed E-state index contributed by atoms with van der Waals surface area (Å²) >= 11 is 17.2. The Morgan fingerprint density at radius 1 is 1.12 bits per heavy atom. The molecule has 0 bridgehead atoms. The van der Waals surface area contributed by atoms with Crippen LogP contribution in [0.25, 0.3) is 0 Å². The molecule has 0 aliphatic carbocycles. The van der Waals surface area contributed by atoms with Gasteiger partial charge in [0, 0.05) is 19.0 Å². The minimum absolute atomic E-state index is 0.535. The summed E-state index contributed by atoms with van der Waals surface area (Å²) < 4.78 is 5.22. The molecule has 5 heteroatoms. The van der Waals surface area contributed by atoms with E-state index in [0.29, 0.717) is 29.1 Å². The van der Waals surface area contributed by atoms with Crippen molar-refractivity contribution in [1.29, 1.82) is 0 Å². The molecule has 0 aromatic heterocycles. The molecule has 90 valence electrons. The quantitative estimate of drug-likeness (QED) is 0.612. The predicted molar refractivity (Wildman–Crippen MR) is 69.7 cm³/mol. The van der Waals surface area contributed by atoms with Crippen molar-refractivity contribution in [2.24, 2.45) is 0 Å². The molecular formula is C11H14Cl3NO. The Hall–Kier alpha value is 0.01000. The fraction of sp³-hybridized carbons (Fsp3) is 0.455. The van der Waals surface area contributed by atoms with Crippen molar-refractivity contribution in [3.8, 4) is 0 Å². The molecule has 16 heavy (non-hydrogen) atoms. The van der Waals surface area contributed by atoms with Crippen molar-refractivity contribution in [3.05, 3.63) is 33.8 Å². The molecule has 0 unspecified atom stereocenters. The van der Waals surface area contributed by atoms with Gasteiger partial charge < -0.3 is 10.1 Å². The minimum atomic E-state index is 0.535. The summed E-state index contributed by atoms with van der Waals surface area (Å²) in [4.78, 5) is 0. The van der Waals surface area contributed by atoms with Crippen molar-refractivity contribution in [3.63, 3.8) is 0 Å². The Kier molecular flexibility index (Phi) is 7.17. The Morgan fingerprint density at radius 2 is 1.94 bits per heavy atom. The first-order chi connectivity index (χ1) is 7.74. The van der Waals surface area contributed by atoms with Gasteiger partial charge in [-0.05, 0) is 17.7 Å². The third-order valence-electron chi connectivity index (χ3n) is 1.96. The van der Waals surface area contributed by atoms with Crippen LogP contribution in [0, 0.1) is 0 Å². The fourth-order valence-corrected chi connectivity index (χ4v) is 1.61. The van der Waals surface area contributed by atoms with Gasteiger partial charge in [-0.3, -0.25) is 0 Å². The van der Waals surface area contributed by atoms with Crippen LogP contribution in [-0.4, -0.2) is 25.6 Å². The van der Waals surface area contributed by atoms with E-state index in [1.54, 1.807) is 6.07 Å². The zero-order valence-electron chi connectivity index (χ0n) is 8.81. The molecule has 0 aliphatic heterocycles. The maximum absolute atomic E-state index is 5.90. The first-order valence-electron chi connectivity index (χ1n) is 5.02. The number of alkyl halides is 1. The molecule has 0 fully saturated rings. The highest BCUT2D eigenvalue weighted by molar-refractivity contribution is 6.42. The summed E-state index contributed by atoms with van der Waals surface area (Å²) in [6.07, 6.45) is 0. The first-order valence-corrected chi connectivity index (χ1v) is 6.31. The Balaban J connectivity index is 2.19. The topological polar surface area (TPSA) is 21.3 Å². The average molecular weight is 283 g/mol. The molecule has 0 saturated heterocycles.